The molecular weight excluding hydrogens is 412 g/mol. The molecule has 0 fully saturated rings. The molecule has 7 N–H and O–H groups in total. The maximum absolute atomic E-state index is 12.7. The van der Waals surface area contributed by atoms with E-state index in [-0.39, 0.29) is 24.0 Å². The minimum absolute atomic E-state index is 0.00474. The average molecular weight is 449 g/mol. The predicted octanol–water partition coefficient (Wildman–Crippen LogP) is -0.744. The largest absolute Gasteiger partial charge is 0.480 e. The van der Waals surface area contributed by atoms with Crippen molar-refractivity contribution in [2.45, 2.75) is 77.7 Å². The Morgan fingerprint density at radius 3 is 1.87 bits per heavy atom. The first-order chi connectivity index (χ1) is 13.8. The summed E-state index contributed by atoms with van der Waals surface area (Å²) in [7, 11) is 0. The molecule has 10 nitrogen and oxygen atoms in total. The molecule has 0 saturated heterocycles. The first-order valence-corrected chi connectivity index (χ1v) is 10.7. The maximum Gasteiger partial charge on any atom is 0.326 e. The van der Waals surface area contributed by atoms with Gasteiger partial charge in [-0.05, 0) is 25.2 Å². The van der Waals surface area contributed by atoms with Crippen LogP contribution in [-0.4, -0.2) is 69.9 Å². The highest BCUT2D eigenvalue weighted by Gasteiger charge is 2.33. The van der Waals surface area contributed by atoms with Crippen LogP contribution in [-0.2, 0) is 19.2 Å². The van der Waals surface area contributed by atoms with Crippen LogP contribution in [0.5, 0.6) is 0 Å². The second-order valence-corrected chi connectivity index (χ2v) is 8.28. The van der Waals surface area contributed by atoms with Gasteiger partial charge in [0.05, 0.1) is 12.1 Å². The summed E-state index contributed by atoms with van der Waals surface area (Å²) in [6.07, 6.45) is -0.475. The summed E-state index contributed by atoms with van der Waals surface area (Å²) < 4.78 is 0. The molecule has 0 aromatic heterocycles. The Kier molecular flexibility index (Phi) is 12.6. The summed E-state index contributed by atoms with van der Waals surface area (Å²) in [5, 5.41) is 26.7. The monoisotopic (exact) mass is 448 g/mol. The van der Waals surface area contributed by atoms with Crippen molar-refractivity contribution in [3.63, 3.8) is 0 Å². The molecule has 0 aromatic rings. The first-order valence-electron chi connectivity index (χ1n) is 10.0. The minimum Gasteiger partial charge on any atom is -0.480 e. The molecule has 0 spiro atoms. The topological polar surface area (TPSA) is 171 Å². The summed E-state index contributed by atoms with van der Waals surface area (Å²) in [6.45, 7) is 8.52. The number of nitrogens with one attached hydrogen (secondary N) is 3. The van der Waals surface area contributed by atoms with Crippen molar-refractivity contribution in [3.8, 4) is 0 Å². The van der Waals surface area contributed by atoms with Gasteiger partial charge in [0.2, 0.25) is 17.7 Å². The molecule has 30 heavy (non-hydrogen) atoms. The molecule has 0 aliphatic rings. The molecule has 6 atom stereocenters. The zero-order valence-corrected chi connectivity index (χ0v) is 19.1. The van der Waals surface area contributed by atoms with E-state index >= 15 is 0 Å². The average Bonchev–Trinajstić information content (AvgIpc) is 2.66. The highest BCUT2D eigenvalue weighted by atomic mass is 32.1. The van der Waals surface area contributed by atoms with Gasteiger partial charge in [-0.25, -0.2) is 4.79 Å². The van der Waals surface area contributed by atoms with Gasteiger partial charge in [0.25, 0.3) is 0 Å². The van der Waals surface area contributed by atoms with Crippen molar-refractivity contribution < 1.29 is 29.4 Å². The number of aliphatic hydroxyl groups excluding tert-OH is 1. The number of carbonyl (C=O) groups is 4. The molecule has 0 aromatic carbocycles. The molecule has 0 aliphatic carbocycles. The summed E-state index contributed by atoms with van der Waals surface area (Å²) in [5.74, 6) is -3.52. The lowest BCUT2D eigenvalue weighted by Gasteiger charge is -2.28. The highest BCUT2D eigenvalue weighted by molar-refractivity contribution is 7.80. The fraction of sp³-hybridized carbons (Fsp3) is 0.789. The van der Waals surface area contributed by atoms with E-state index in [1.807, 2.05) is 20.8 Å². The molecule has 0 saturated carbocycles. The fourth-order valence-electron chi connectivity index (χ4n) is 2.65. The second-order valence-electron chi connectivity index (χ2n) is 7.92. The van der Waals surface area contributed by atoms with Crippen LogP contribution in [0.2, 0.25) is 0 Å². The molecule has 0 bridgehead atoms. The van der Waals surface area contributed by atoms with Crippen molar-refractivity contribution in [1.29, 1.82) is 0 Å². The van der Waals surface area contributed by atoms with Gasteiger partial charge < -0.3 is 31.9 Å². The molecule has 11 heteroatoms. The molecular formula is C19H36N4O6S. The van der Waals surface area contributed by atoms with Crippen LogP contribution in [0.25, 0.3) is 0 Å². The maximum atomic E-state index is 12.7. The van der Waals surface area contributed by atoms with Crippen LogP contribution in [0.4, 0.5) is 0 Å². The highest BCUT2D eigenvalue weighted by Crippen LogP contribution is 2.11. The Morgan fingerprint density at radius 1 is 0.933 bits per heavy atom. The number of carbonyl (C=O) groups excluding carboxylic acids is 3. The van der Waals surface area contributed by atoms with Gasteiger partial charge in [-0.3, -0.25) is 14.4 Å². The van der Waals surface area contributed by atoms with E-state index in [2.05, 4.69) is 28.6 Å². The summed E-state index contributed by atoms with van der Waals surface area (Å²) in [5.41, 5.74) is 5.58. The van der Waals surface area contributed by atoms with Crippen LogP contribution in [0.15, 0.2) is 0 Å². The van der Waals surface area contributed by atoms with Gasteiger partial charge in [-0.1, -0.05) is 34.1 Å². The van der Waals surface area contributed by atoms with Crippen LogP contribution < -0.4 is 21.7 Å². The smallest absolute Gasteiger partial charge is 0.326 e. The Labute approximate surface area is 183 Å². The SMILES string of the molecule is CCC(C)C(NC(=O)C(CC(C)C)NC(=O)C(NC(=O)C(N)CS)C(C)O)C(=O)O. The zero-order valence-electron chi connectivity index (χ0n) is 18.2. The van der Waals surface area contributed by atoms with Gasteiger partial charge in [-0.15, -0.1) is 0 Å². The lowest BCUT2D eigenvalue weighted by molar-refractivity contribution is -0.144. The van der Waals surface area contributed by atoms with E-state index in [9.17, 15) is 29.4 Å². The molecule has 0 rings (SSSR count). The normalized spacial score (nSPS) is 17.2. The molecule has 0 radical (unpaired) electrons. The van der Waals surface area contributed by atoms with E-state index in [0.29, 0.717) is 6.42 Å². The van der Waals surface area contributed by atoms with Crippen molar-refractivity contribution in [3.05, 3.63) is 0 Å². The Morgan fingerprint density at radius 2 is 1.47 bits per heavy atom. The number of hydrogen-bond acceptors (Lipinski definition) is 7. The lowest BCUT2D eigenvalue weighted by Crippen LogP contribution is -2.60. The molecule has 6 unspecified atom stereocenters. The number of aliphatic hydroxyl groups is 1. The fourth-order valence-corrected chi connectivity index (χ4v) is 2.82. The molecule has 174 valence electrons. The zero-order chi connectivity index (χ0) is 23.6. The number of hydrogen-bond donors (Lipinski definition) is 7. The number of carboxylic acids is 1. The summed E-state index contributed by atoms with van der Waals surface area (Å²) in [4.78, 5) is 49.0. The first kappa shape index (κ1) is 28.1. The third-order valence-electron chi connectivity index (χ3n) is 4.71. The van der Waals surface area contributed by atoms with Gasteiger partial charge in [-0.2, -0.15) is 12.6 Å². The predicted molar refractivity (Wildman–Crippen MR) is 116 cm³/mol. The minimum atomic E-state index is -1.34. The van der Waals surface area contributed by atoms with Crippen molar-refractivity contribution >= 4 is 36.3 Å². The van der Waals surface area contributed by atoms with Gasteiger partial charge in [0.1, 0.15) is 18.1 Å². The van der Waals surface area contributed by atoms with Crippen molar-refractivity contribution in [1.82, 2.24) is 16.0 Å². The van der Waals surface area contributed by atoms with E-state index in [0.717, 1.165) is 0 Å². The number of rotatable bonds is 13. The number of aliphatic carboxylic acids is 1. The molecule has 0 aliphatic heterocycles. The molecule has 3 amide bonds. The number of thiol groups is 1. The lowest BCUT2D eigenvalue weighted by atomic mass is 9.97. The quantitative estimate of drug-likeness (QED) is 0.182. The summed E-state index contributed by atoms with van der Waals surface area (Å²) >= 11 is 3.92. The standard InChI is InChI=1S/C19H36N4O6S/c1-6-10(4)14(19(28)29)22-17(26)13(7-9(2)3)21-18(27)15(11(5)24)23-16(25)12(20)8-30/h9-15,24,30H,6-8,20H2,1-5H3,(H,21,27)(H,22,26)(H,23,25)(H,28,29). The Bertz CT molecular complexity index is 602. The van der Waals surface area contributed by atoms with Crippen LogP contribution >= 0.6 is 12.6 Å². The van der Waals surface area contributed by atoms with Crippen molar-refractivity contribution in [2.75, 3.05) is 5.75 Å². The van der Waals surface area contributed by atoms with Crippen molar-refractivity contribution in [2.24, 2.45) is 17.6 Å². The van der Waals surface area contributed by atoms with E-state index in [1.165, 1.54) is 6.92 Å². The van der Waals surface area contributed by atoms with Crippen LogP contribution in [0.3, 0.4) is 0 Å². The third kappa shape index (κ3) is 9.31. The van der Waals surface area contributed by atoms with E-state index < -0.39 is 54.0 Å². The second kappa shape index (κ2) is 13.5. The van der Waals surface area contributed by atoms with Gasteiger partial charge >= 0.3 is 5.97 Å². The Hall–Kier alpha value is -1.85. The van der Waals surface area contributed by atoms with Crippen LogP contribution in [0.1, 0.15) is 47.5 Å². The number of carboxylic acid groups (broad SMARTS) is 1. The molecule has 0 heterocycles. The number of amides is 3. The third-order valence-corrected chi connectivity index (χ3v) is 5.11. The summed E-state index contributed by atoms with van der Waals surface area (Å²) in [6, 6.07) is -4.45. The van der Waals surface area contributed by atoms with E-state index in [4.69, 9.17) is 5.73 Å². The Balaban J connectivity index is 5.46. The number of nitrogens with two attached hydrogens (primary N) is 1. The van der Waals surface area contributed by atoms with Gasteiger partial charge in [0.15, 0.2) is 0 Å². The van der Waals surface area contributed by atoms with Gasteiger partial charge in [0, 0.05) is 5.75 Å². The van der Waals surface area contributed by atoms with E-state index in [1.54, 1.807) is 6.92 Å². The van der Waals surface area contributed by atoms with Crippen LogP contribution in [0, 0.1) is 11.8 Å².